The maximum atomic E-state index is 5.81. The van der Waals surface area contributed by atoms with Crippen molar-refractivity contribution in [3.63, 3.8) is 0 Å². The molecule has 1 aliphatic heterocycles. The molecule has 0 unspecified atom stereocenters. The van der Waals surface area contributed by atoms with Crippen LogP contribution in [-0.2, 0) is 4.74 Å². The van der Waals surface area contributed by atoms with Crippen molar-refractivity contribution < 1.29 is 4.74 Å². The van der Waals surface area contributed by atoms with E-state index in [1.807, 2.05) is 13.8 Å². The van der Waals surface area contributed by atoms with Gasteiger partial charge in [0.25, 0.3) is 0 Å². The smallest absolute Gasteiger partial charge is 0.0995 e. The quantitative estimate of drug-likeness (QED) is 0.377. The fourth-order valence-corrected chi connectivity index (χ4v) is 0.570. The van der Waals surface area contributed by atoms with Gasteiger partial charge in [0.2, 0.25) is 0 Å². The Morgan fingerprint density at radius 2 is 2.14 bits per heavy atom. The number of rotatable bonds is 1. The molecule has 1 rings (SSSR count). The fourth-order valence-electron chi connectivity index (χ4n) is 0.444. The van der Waals surface area contributed by atoms with E-state index in [9.17, 15) is 0 Å². The van der Waals surface area contributed by atoms with Crippen LogP contribution < -0.4 is 0 Å². The molecule has 0 aromatic carbocycles. The molecule has 0 aromatic heterocycles. The molecule has 0 aromatic rings. The van der Waals surface area contributed by atoms with E-state index < -0.39 is 0 Å². The van der Waals surface area contributed by atoms with Crippen molar-refractivity contribution in [2.45, 2.75) is 24.8 Å². The first-order valence-corrected chi connectivity index (χ1v) is 2.79. The van der Waals surface area contributed by atoms with Crippen LogP contribution in [0.4, 0.5) is 0 Å². The molecule has 0 amide bonds. The molecule has 1 saturated heterocycles. The molecule has 42 valence electrons. The Morgan fingerprint density at radius 3 is 2.14 bits per heavy atom. The van der Waals surface area contributed by atoms with E-state index in [2.05, 4.69) is 0 Å². The van der Waals surface area contributed by atoms with E-state index >= 15 is 0 Å². The van der Waals surface area contributed by atoms with E-state index in [0.717, 1.165) is 6.61 Å². The lowest BCUT2D eigenvalue weighted by molar-refractivity contribution is 0.370. The van der Waals surface area contributed by atoms with Crippen molar-refractivity contribution >= 4 is 11.6 Å². The van der Waals surface area contributed by atoms with Gasteiger partial charge in [0.15, 0.2) is 0 Å². The highest BCUT2D eigenvalue weighted by molar-refractivity contribution is 6.24. The Morgan fingerprint density at radius 1 is 1.71 bits per heavy atom. The van der Waals surface area contributed by atoms with Crippen molar-refractivity contribution in [1.82, 2.24) is 0 Å². The highest BCUT2D eigenvalue weighted by atomic mass is 35.5. The van der Waals surface area contributed by atoms with Crippen molar-refractivity contribution in [1.29, 1.82) is 0 Å². The lowest BCUT2D eigenvalue weighted by atomic mass is 10.1. The van der Waals surface area contributed by atoms with Crippen LogP contribution in [0, 0.1) is 0 Å². The van der Waals surface area contributed by atoms with Crippen LogP contribution in [0.5, 0.6) is 0 Å². The highest BCUT2D eigenvalue weighted by Crippen LogP contribution is 2.29. The number of ether oxygens (including phenoxy) is 1. The summed E-state index contributed by atoms with van der Waals surface area (Å²) < 4.78 is 4.94. The molecule has 1 nitrogen and oxygen atoms in total. The van der Waals surface area contributed by atoms with Crippen LogP contribution in [0.1, 0.15) is 13.8 Å². The van der Waals surface area contributed by atoms with Gasteiger partial charge in [0, 0.05) is 0 Å². The molecular weight excluding hydrogens is 112 g/mol. The molecule has 0 bridgehead atoms. The second-order valence-electron chi connectivity index (χ2n) is 2.39. The van der Waals surface area contributed by atoms with Crippen LogP contribution in [0.15, 0.2) is 0 Å². The van der Waals surface area contributed by atoms with Gasteiger partial charge in [0.05, 0.1) is 17.6 Å². The van der Waals surface area contributed by atoms with E-state index in [4.69, 9.17) is 16.3 Å². The number of hydrogen-bond donors (Lipinski definition) is 0. The summed E-state index contributed by atoms with van der Waals surface area (Å²) in [4.78, 5) is -0.139. The minimum absolute atomic E-state index is 0.139. The Kier molecular flexibility index (Phi) is 1.05. The van der Waals surface area contributed by atoms with Crippen molar-refractivity contribution in [3.05, 3.63) is 0 Å². The third-order valence-corrected chi connectivity index (χ3v) is 1.34. The third kappa shape index (κ3) is 1.32. The largest absolute Gasteiger partial charge is 0.371 e. The Labute approximate surface area is 48.6 Å². The third-order valence-electron chi connectivity index (χ3n) is 1.10. The molecule has 0 radical (unpaired) electrons. The molecule has 7 heavy (non-hydrogen) atoms. The normalized spacial score (nSPS) is 30.4. The summed E-state index contributed by atoms with van der Waals surface area (Å²) in [5, 5.41) is 0. The minimum Gasteiger partial charge on any atom is -0.371 e. The summed E-state index contributed by atoms with van der Waals surface area (Å²) in [5.41, 5.74) is 0. The van der Waals surface area contributed by atoms with Gasteiger partial charge in [0.1, 0.15) is 0 Å². The van der Waals surface area contributed by atoms with Crippen molar-refractivity contribution in [2.75, 3.05) is 6.61 Å². The molecule has 1 fully saturated rings. The van der Waals surface area contributed by atoms with Gasteiger partial charge in [-0.05, 0) is 13.8 Å². The standard InChI is InChI=1S/C5H9ClO/c1-5(2,6)4-3-7-4/h4H,3H2,1-2H3/t4-/m1/s1. The van der Waals surface area contributed by atoms with Gasteiger partial charge >= 0.3 is 0 Å². The van der Waals surface area contributed by atoms with Gasteiger partial charge in [-0.1, -0.05) is 0 Å². The molecule has 0 saturated carbocycles. The lowest BCUT2D eigenvalue weighted by Gasteiger charge is -2.09. The van der Waals surface area contributed by atoms with Gasteiger partial charge in [-0.15, -0.1) is 11.6 Å². The van der Waals surface area contributed by atoms with Crippen LogP contribution >= 0.6 is 11.6 Å². The molecule has 0 aliphatic carbocycles. The highest BCUT2D eigenvalue weighted by Gasteiger charge is 2.37. The average molecular weight is 121 g/mol. The van der Waals surface area contributed by atoms with Crippen molar-refractivity contribution in [3.8, 4) is 0 Å². The number of halogens is 1. The molecule has 1 atom stereocenters. The molecule has 2 heteroatoms. The van der Waals surface area contributed by atoms with E-state index in [1.165, 1.54) is 0 Å². The predicted octanol–water partition coefficient (Wildman–Crippen LogP) is 1.40. The van der Waals surface area contributed by atoms with Gasteiger partial charge in [-0.25, -0.2) is 0 Å². The van der Waals surface area contributed by atoms with Crippen LogP contribution in [0.25, 0.3) is 0 Å². The topological polar surface area (TPSA) is 12.5 Å². The first kappa shape index (κ1) is 5.39. The molecule has 1 aliphatic rings. The summed E-state index contributed by atoms with van der Waals surface area (Å²) in [6, 6.07) is 0. The zero-order chi connectivity index (χ0) is 5.49. The zero-order valence-corrected chi connectivity index (χ0v) is 5.33. The summed E-state index contributed by atoms with van der Waals surface area (Å²) in [7, 11) is 0. The van der Waals surface area contributed by atoms with Gasteiger partial charge < -0.3 is 4.74 Å². The van der Waals surface area contributed by atoms with Crippen molar-refractivity contribution in [2.24, 2.45) is 0 Å². The summed E-state index contributed by atoms with van der Waals surface area (Å²) in [6.45, 7) is 4.77. The van der Waals surface area contributed by atoms with Gasteiger partial charge in [-0.2, -0.15) is 0 Å². The number of alkyl halides is 1. The second kappa shape index (κ2) is 1.36. The minimum atomic E-state index is -0.139. The number of hydrogen-bond acceptors (Lipinski definition) is 1. The second-order valence-corrected chi connectivity index (χ2v) is 3.36. The fraction of sp³-hybridized carbons (Fsp3) is 1.00. The summed E-state index contributed by atoms with van der Waals surface area (Å²) in [6.07, 6.45) is 0.314. The Balaban J connectivity index is 2.36. The zero-order valence-electron chi connectivity index (χ0n) is 4.57. The van der Waals surface area contributed by atoms with Crippen LogP contribution in [0.3, 0.4) is 0 Å². The number of epoxide rings is 1. The Hall–Kier alpha value is 0.250. The predicted molar refractivity (Wildman–Crippen MR) is 29.7 cm³/mol. The van der Waals surface area contributed by atoms with Crippen LogP contribution in [0.2, 0.25) is 0 Å². The summed E-state index contributed by atoms with van der Waals surface area (Å²) in [5.74, 6) is 0. The molecule has 0 N–H and O–H groups in total. The monoisotopic (exact) mass is 120 g/mol. The molecule has 0 spiro atoms. The lowest BCUT2D eigenvalue weighted by Crippen LogP contribution is -2.18. The maximum Gasteiger partial charge on any atom is 0.0995 e. The molecule has 1 heterocycles. The molecular formula is C5H9ClO. The summed E-state index contributed by atoms with van der Waals surface area (Å²) >= 11 is 5.81. The first-order chi connectivity index (χ1) is 3.11. The first-order valence-electron chi connectivity index (χ1n) is 2.41. The van der Waals surface area contributed by atoms with E-state index in [0.29, 0.717) is 6.10 Å². The van der Waals surface area contributed by atoms with E-state index in [1.54, 1.807) is 0 Å². The van der Waals surface area contributed by atoms with Gasteiger partial charge in [-0.3, -0.25) is 0 Å². The SMILES string of the molecule is CC(C)(Cl)[C@H]1CO1. The Bertz CT molecular complexity index is 70.6. The van der Waals surface area contributed by atoms with E-state index in [-0.39, 0.29) is 4.87 Å². The van der Waals surface area contributed by atoms with Crippen LogP contribution in [-0.4, -0.2) is 17.6 Å². The maximum absolute atomic E-state index is 5.81. The average Bonchev–Trinajstić information content (AvgIpc) is 1.99.